The standard InChI is InChI=1S/C14H14N4O/c19-14(11-5-7-16-17-9-11)18-12-4-3-10-2-1-6-15-13(10)8-12/h3-5,7-9,15H,1-2,6H2,(H,18,19). The van der Waals surface area contributed by atoms with Gasteiger partial charge in [0, 0.05) is 17.9 Å². The summed E-state index contributed by atoms with van der Waals surface area (Å²) in [5, 5.41) is 13.6. The number of amides is 1. The maximum absolute atomic E-state index is 12.0. The first-order valence-electron chi connectivity index (χ1n) is 6.28. The Morgan fingerprint density at radius 3 is 3.05 bits per heavy atom. The molecule has 0 bridgehead atoms. The summed E-state index contributed by atoms with van der Waals surface area (Å²) in [6.45, 7) is 0.985. The van der Waals surface area contributed by atoms with Crippen LogP contribution in [0.3, 0.4) is 0 Å². The van der Waals surface area contributed by atoms with Crippen LogP contribution in [-0.2, 0) is 6.42 Å². The van der Waals surface area contributed by atoms with E-state index in [1.54, 1.807) is 6.07 Å². The minimum Gasteiger partial charge on any atom is -0.385 e. The molecule has 19 heavy (non-hydrogen) atoms. The van der Waals surface area contributed by atoms with Crippen LogP contribution in [-0.4, -0.2) is 22.6 Å². The molecular formula is C14H14N4O. The molecule has 2 heterocycles. The number of nitrogens with zero attached hydrogens (tertiary/aromatic N) is 2. The predicted molar refractivity (Wildman–Crippen MR) is 73.2 cm³/mol. The zero-order valence-corrected chi connectivity index (χ0v) is 10.4. The lowest BCUT2D eigenvalue weighted by atomic mass is 10.0. The monoisotopic (exact) mass is 254 g/mol. The van der Waals surface area contributed by atoms with Crippen molar-refractivity contribution in [3.63, 3.8) is 0 Å². The molecule has 1 aliphatic heterocycles. The molecular weight excluding hydrogens is 240 g/mol. The van der Waals surface area contributed by atoms with Gasteiger partial charge in [-0.05, 0) is 36.6 Å². The topological polar surface area (TPSA) is 66.9 Å². The molecule has 1 amide bonds. The number of anilines is 2. The van der Waals surface area contributed by atoms with Crippen molar-refractivity contribution < 1.29 is 4.79 Å². The van der Waals surface area contributed by atoms with E-state index in [9.17, 15) is 4.79 Å². The first-order chi connectivity index (χ1) is 9.33. The first kappa shape index (κ1) is 11.6. The van der Waals surface area contributed by atoms with Crippen LogP contribution in [0.25, 0.3) is 0 Å². The second-order valence-electron chi connectivity index (χ2n) is 4.49. The number of fused-ring (bicyclic) bond motifs is 1. The largest absolute Gasteiger partial charge is 0.385 e. The fraction of sp³-hybridized carbons (Fsp3) is 0.214. The molecule has 0 fully saturated rings. The van der Waals surface area contributed by atoms with Crippen LogP contribution in [0.15, 0.2) is 36.7 Å². The molecule has 0 atom stereocenters. The molecule has 2 aromatic rings. The van der Waals surface area contributed by atoms with Gasteiger partial charge < -0.3 is 10.6 Å². The molecule has 1 aliphatic rings. The SMILES string of the molecule is O=C(Nc1ccc2c(c1)NCCC2)c1ccnnc1. The van der Waals surface area contributed by atoms with E-state index in [0.717, 1.165) is 30.8 Å². The minimum atomic E-state index is -0.175. The Labute approximate surface area is 111 Å². The summed E-state index contributed by atoms with van der Waals surface area (Å²) in [7, 11) is 0. The number of aryl methyl sites for hydroxylation is 1. The number of carbonyl (C=O) groups excluding carboxylic acids is 1. The van der Waals surface area contributed by atoms with Gasteiger partial charge in [-0.3, -0.25) is 4.79 Å². The first-order valence-corrected chi connectivity index (χ1v) is 6.28. The van der Waals surface area contributed by atoms with Gasteiger partial charge in [0.2, 0.25) is 0 Å². The second-order valence-corrected chi connectivity index (χ2v) is 4.49. The third-order valence-corrected chi connectivity index (χ3v) is 3.15. The van der Waals surface area contributed by atoms with Crippen LogP contribution < -0.4 is 10.6 Å². The molecule has 1 aromatic heterocycles. The van der Waals surface area contributed by atoms with Gasteiger partial charge in [-0.1, -0.05) is 6.07 Å². The number of carbonyl (C=O) groups is 1. The highest BCUT2D eigenvalue weighted by Gasteiger charge is 2.11. The lowest BCUT2D eigenvalue weighted by Gasteiger charge is -2.18. The van der Waals surface area contributed by atoms with Gasteiger partial charge in [-0.2, -0.15) is 10.2 Å². The van der Waals surface area contributed by atoms with E-state index in [0.29, 0.717) is 5.56 Å². The number of hydrogen-bond acceptors (Lipinski definition) is 4. The van der Waals surface area contributed by atoms with Crippen LogP contribution in [0.4, 0.5) is 11.4 Å². The van der Waals surface area contributed by atoms with Crippen molar-refractivity contribution in [3.05, 3.63) is 47.8 Å². The molecule has 5 nitrogen and oxygen atoms in total. The third kappa shape index (κ3) is 2.54. The van der Waals surface area contributed by atoms with E-state index in [2.05, 4.69) is 26.9 Å². The van der Waals surface area contributed by atoms with Crippen LogP contribution in [0.5, 0.6) is 0 Å². The number of hydrogen-bond donors (Lipinski definition) is 2. The maximum atomic E-state index is 12.0. The average molecular weight is 254 g/mol. The lowest BCUT2D eigenvalue weighted by molar-refractivity contribution is 0.102. The van der Waals surface area contributed by atoms with E-state index in [1.165, 1.54) is 18.0 Å². The van der Waals surface area contributed by atoms with E-state index in [1.807, 2.05) is 12.1 Å². The molecule has 0 spiro atoms. The summed E-state index contributed by atoms with van der Waals surface area (Å²) in [4.78, 5) is 12.0. The maximum Gasteiger partial charge on any atom is 0.257 e. The van der Waals surface area contributed by atoms with E-state index >= 15 is 0 Å². The highest BCUT2D eigenvalue weighted by Crippen LogP contribution is 2.25. The Bertz CT molecular complexity index is 598. The zero-order chi connectivity index (χ0) is 13.1. The molecule has 0 radical (unpaired) electrons. The molecule has 3 rings (SSSR count). The molecule has 0 aliphatic carbocycles. The Kier molecular flexibility index (Phi) is 3.10. The average Bonchev–Trinajstić information content (AvgIpc) is 2.48. The minimum absolute atomic E-state index is 0.175. The van der Waals surface area contributed by atoms with E-state index in [4.69, 9.17) is 0 Å². The van der Waals surface area contributed by atoms with Crippen molar-refractivity contribution in [2.24, 2.45) is 0 Å². The number of aromatic nitrogens is 2. The summed E-state index contributed by atoms with van der Waals surface area (Å²) in [5.41, 5.74) is 3.70. The van der Waals surface area contributed by atoms with Gasteiger partial charge in [-0.25, -0.2) is 0 Å². The molecule has 0 unspecified atom stereocenters. The normalized spacial score (nSPS) is 13.3. The molecule has 1 aromatic carbocycles. The second kappa shape index (κ2) is 5.06. The molecule has 2 N–H and O–H groups in total. The summed E-state index contributed by atoms with van der Waals surface area (Å²) in [6, 6.07) is 7.60. The van der Waals surface area contributed by atoms with E-state index in [-0.39, 0.29) is 5.91 Å². The summed E-state index contributed by atoms with van der Waals surface area (Å²) in [5.74, 6) is -0.175. The Morgan fingerprint density at radius 1 is 1.26 bits per heavy atom. The fourth-order valence-corrected chi connectivity index (χ4v) is 2.17. The molecule has 5 heteroatoms. The summed E-state index contributed by atoms with van der Waals surface area (Å²) < 4.78 is 0. The van der Waals surface area contributed by atoms with Crippen molar-refractivity contribution in [1.82, 2.24) is 10.2 Å². The van der Waals surface area contributed by atoms with Crippen molar-refractivity contribution in [2.45, 2.75) is 12.8 Å². The van der Waals surface area contributed by atoms with E-state index < -0.39 is 0 Å². The number of benzene rings is 1. The van der Waals surface area contributed by atoms with Crippen LogP contribution in [0.1, 0.15) is 22.3 Å². The molecule has 0 saturated carbocycles. The fourth-order valence-electron chi connectivity index (χ4n) is 2.17. The zero-order valence-electron chi connectivity index (χ0n) is 10.4. The smallest absolute Gasteiger partial charge is 0.257 e. The highest BCUT2D eigenvalue weighted by molar-refractivity contribution is 6.04. The highest BCUT2D eigenvalue weighted by atomic mass is 16.1. The van der Waals surface area contributed by atoms with Gasteiger partial charge in [0.25, 0.3) is 5.91 Å². The van der Waals surface area contributed by atoms with Gasteiger partial charge in [0.1, 0.15) is 0 Å². The van der Waals surface area contributed by atoms with Crippen molar-refractivity contribution in [3.8, 4) is 0 Å². The summed E-state index contributed by atoms with van der Waals surface area (Å²) >= 11 is 0. The van der Waals surface area contributed by atoms with Gasteiger partial charge in [-0.15, -0.1) is 0 Å². The van der Waals surface area contributed by atoms with Crippen LogP contribution in [0.2, 0.25) is 0 Å². The number of rotatable bonds is 2. The third-order valence-electron chi connectivity index (χ3n) is 3.15. The van der Waals surface area contributed by atoms with Gasteiger partial charge >= 0.3 is 0 Å². The van der Waals surface area contributed by atoms with Crippen molar-refractivity contribution in [1.29, 1.82) is 0 Å². The van der Waals surface area contributed by atoms with Crippen LogP contribution in [0, 0.1) is 0 Å². The lowest BCUT2D eigenvalue weighted by Crippen LogP contribution is -2.15. The van der Waals surface area contributed by atoms with Crippen molar-refractivity contribution >= 4 is 17.3 Å². The van der Waals surface area contributed by atoms with Crippen molar-refractivity contribution in [2.75, 3.05) is 17.2 Å². The Morgan fingerprint density at radius 2 is 2.21 bits per heavy atom. The molecule has 96 valence electrons. The molecule has 0 saturated heterocycles. The van der Waals surface area contributed by atoms with Gasteiger partial charge in [0.05, 0.1) is 18.0 Å². The summed E-state index contributed by atoms with van der Waals surface area (Å²) in [6.07, 6.45) is 5.20. The van der Waals surface area contributed by atoms with Gasteiger partial charge in [0.15, 0.2) is 0 Å². The number of nitrogens with one attached hydrogen (secondary N) is 2. The van der Waals surface area contributed by atoms with Crippen LogP contribution >= 0.6 is 0 Å². The quantitative estimate of drug-likeness (QED) is 0.861. The predicted octanol–water partition coefficient (Wildman–Crippen LogP) is 2.09. The Balaban J connectivity index is 1.78. The Hall–Kier alpha value is -2.43.